The van der Waals surface area contributed by atoms with Crippen LogP contribution in [0.2, 0.25) is 0 Å². The number of aromatic nitrogens is 2. The number of nitrogens with one attached hydrogen (secondary N) is 1. The molecule has 1 saturated heterocycles. The summed E-state index contributed by atoms with van der Waals surface area (Å²) < 4.78 is 19.6. The summed E-state index contributed by atoms with van der Waals surface area (Å²) in [6.45, 7) is -0.599. The Kier molecular flexibility index (Phi) is 3.53. The van der Waals surface area contributed by atoms with Gasteiger partial charge in [-0.15, -0.1) is 6.42 Å². The Labute approximate surface area is 106 Å². The van der Waals surface area contributed by atoms with Crippen molar-refractivity contribution in [1.29, 1.82) is 0 Å². The molecule has 3 N–H and O–H groups in total. The summed E-state index contributed by atoms with van der Waals surface area (Å²) >= 11 is 0. The van der Waals surface area contributed by atoms with Crippen molar-refractivity contribution in [3.63, 3.8) is 0 Å². The Morgan fingerprint density at radius 1 is 1.58 bits per heavy atom. The third kappa shape index (κ3) is 2.19. The molecule has 0 bridgehead atoms. The maximum Gasteiger partial charge on any atom is 0.330 e. The molecule has 0 unspecified atom stereocenters. The first-order valence-corrected chi connectivity index (χ1v) is 5.40. The monoisotopic (exact) mass is 270 g/mol. The molecule has 0 spiro atoms. The van der Waals surface area contributed by atoms with Crippen molar-refractivity contribution < 1.29 is 19.3 Å². The molecule has 0 amide bonds. The highest BCUT2D eigenvalue weighted by Gasteiger charge is 2.45. The first-order valence-electron chi connectivity index (χ1n) is 5.40. The molecule has 0 saturated carbocycles. The van der Waals surface area contributed by atoms with Gasteiger partial charge in [0.1, 0.15) is 17.8 Å². The van der Waals surface area contributed by atoms with Crippen LogP contribution in [0.5, 0.6) is 0 Å². The van der Waals surface area contributed by atoms with E-state index in [1.807, 2.05) is 10.9 Å². The number of aromatic amines is 1. The van der Waals surface area contributed by atoms with Gasteiger partial charge in [-0.1, -0.05) is 5.92 Å². The van der Waals surface area contributed by atoms with E-state index in [2.05, 4.69) is 0 Å². The molecule has 0 radical (unpaired) electrons. The Bertz CT molecular complexity index is 631. The van der Waals surface area contributed by atoms with Gasteiger partial charge in [0.25, 0.3) is 5.56 Å². The summed E-state index contributed by atoms with van der Waals surface area (Å²) in [5.41, 5.74) is -1.85. The highest BCUT2D eigenvalue weighted by molar-refractivity contribution is 5.26. The van der Waals surface area contributed by atoms with Gasteiger partial charge in [-0.2, -0.15) is 0 Å². The number of nitrogens with zero attached hydrogens (tertiary/aromatic N) is 1. The van der Waals surface area contributed by atoms with Crippen molar-refractivity contribution >= 4 is 0 Å². The lowest BCUT2D eigenvalue weighted by Crippen LogP contribution is -2.37. The van der Waals surface area contributed by atoms with E-state index in [1.54, 1.807) is 0 Å². The van der Waals surface area contributed by atoms with E-state index in [0.29, 0.717) is 0 Å². The minimum atomic E-state index is -1.92. The van der Waals surface area contributed by atoms with E-state index >= 15 is 0 Å². The van der Waals surface area contributed by atoms with Crippen LogP contribution in [0, 0.1) is 12.3 Å². The minimum Gasteiger partial charge on any atom is -0.394 e. The van der Waals surface area contributed by atoms with Crippen LogP contribution in [0.4, 0.5) is 4.39 Å². The van der Waals surface area contributed by atoms with Crippen LogP contribution < -0.4 is 11.2 Å². The Morgan fingerprint density at radius 2 is 2.26 bits per heavy atom. The number of terminal acetylenes is 1. The van der Waals surface area contributed by atoms with Gasteiger partial charge in [0.2, 0.25) is 0 Å². The maximum atomic E-state index is 13.8. The lowest BCUT2D eigenvalue weighted by atomic mass is 10.1. The predicted octanol–water partition coefficient (Wildman–Crippen LogP) is -1.89. The van der Waals surface area contributed by atoms with Gasteiger partial charge in [-0.05, 0) is 0 Å². The molecule has 1 aliphatic rings. The van der Waals surface area contributed by atoms with Crippen molar-refractivity contribution in [2.45, 2.75) is 24.6 Å². The largest absolute Gasteiger partial charge is 0.394 e. The molecule has 1 aromatic heterocycles. The maximum absolute atomic E-state index is 13.8. The third-order valence-corrected chi connectivity index (χ3v) is 2.87. The number of hydrogen-bond acceptors (Lipinski definition) is 5. The number of hydrogen-bond donors (Lipinski definition) is 3. The molecule has 8 heteroatoms. The number of H-pyrrole nitrogens is 1. The summed E-state index contributed by atoms with van der Waals surface area (Å²) in [4.78, 5) is 24.8. The van der Waals surface area contributed by atoms with Crippen molar-refractivity contribution in [3.8, 4) is 12.3 Å². The standard InChI is InChI=1S/C11H11FN2O5/c1-2-5-3-14(11(18)13-9(5)17)10-7(12)8(16)6(4-15)19-10/h1,3,6-8,10,15-16H,4H2,(H,13,17,18)/t6-,7-,8-,10-/m0/s1. The Morgan fingerprint density at radius 3 is 2.79 bits per heavy atom. The normalized spacial score (nSPS) is 30.2. The van der Waals surface area contributed by atoms with Crippen LogP contribution in [0.15, 0.2) is 15.8 Å². The zero-order chi connectivity index (χ0) is 14.2. The average Bonchev–Trinajstić information content (AvgIpc) is 2.67. The molecule has 102 valence electrons. The summed E-state index contributed by atoms with van der Waals surface area (Å²) in [5.74, 6) is 2.04. The molecule has 4 atom stereocenters. The van der Waals surface area contributed by atoms with Crippen LogP contribution >= 0.6 is 0 Å². The van der Waals surface area contributed by atoms with Gasteiger partial charge < -0.3 is 14.9 Å². The second-order valence-corrected chi connectivity index (χ2v) is 4.04. The lowest BCUT2D eigenvalue weighted by Gasteiger charge is -2.15. The smallest absolute Gasteiger partial charge is 0.330 e. The van der Waals surface area contributed by atoms with Crippen molar-refractivity contribution in [1.82, 2.24) is 9.55 Å². The average molecular weight is 270 g/mol. The Balaban J connectivity index is 2.46. The molecular weight excluding hydrogens is 259 g/mol. The van der Waals surface area contributed by atoms with Crippen molar-refractivity contribution in [3.05, 3.63) is 32.6 Å². The molecular formula is C11H11FN2O5. The van der Waals surface area contributed by atoms with Crippen LogP contribution in [0.1, 0.15) is 11.8 Å². The summed E-state index contributed by atoms with van der Waals surface area (Å²) in [6, 6.07) is 0. The summed E-state index contributed by atoms with van der Waals surface area (Å²) in [6.07, 6.45) is -0.0400. The van der Waals surface area contributed by atoms with Crippen LogP contribution in [-0.2, 0) is 4.74 Å². The molecule has 0 aromatic carbocycles. The number of ether oxygens (including phenoxy) is 1. The molecule has 1 aromatic rings. The molecule has 2 heterocycles. The van der Waals surface area contributed by atoms with E-state index in [1.165, 1.54) is 0 Å². The Hall–Kier alpha value is -1.95. The second-order valence-electron chi connectivity index (χ2n) is 4.04. The number of aliphatic hydroxyl groups excluding tert-OH is 2. The molecule has 1 fully saturated rings. The minimum absolute atomic E-state index is 0.169. The zero-order valence-electron chi connectivity index (χ0n) is 9.62. The van der Waals surface area contributed by atoms with Gasteiger partial charge in [0.05, 0.1) is 6.61 Å². The SMILES string of the molecule is C#Cc1cn([C@H]2O[C@@H](CO)[C@H](O)[C@@H]2F)c(=O)[nH]c1=O. The van der Waals surface area contributed by atoms with Gasteiger partial charge in [0, 0.05) is 6.20 Å². The van der Waals surface area contributed by atoms with E-state index in [0.717, 1.165) is 10.8 Å². The molecule has 1 aliphatic heterocycles. The number of rotatable bonds is 2. The lowest BCUT2D eigenvalue weighted by molar-refractivity contribution is -0.0491. The fraction of sp³-hybridized carbons (Fsp3) is 0.455. The van der Waals surface area contributed by atoms with Gasteiger partial charge in [0.15, 0.2) is 12.4 Å². The van der Waals surface area contributed by atoms with Gasteiger partial charge >= 0.3 is 5.69 Å². The topological polar surface area (TPSA) is 105 Å². The number of aliphatic hydroxyl groups is 2. The van der Waals surface area contributed by atoms with Crippen LogP contribution in [-0.4, -0.2) is 44.8 Å². The quantitative estimate of drug-likeness (QED) is 0.545. The van der Waals surface area contributed by atoms with Crippen molar-refractivity contribution in [2.75, 3.05) is 6.61 Å². The number of halogens is 1. The molecule has 2 rings (SSSR count). The fourth-order valence-corrected chi connectivity index (χ4v) is 1.86. The number of alkyl halides is 1. The van der Waals surface area contributed by atoms with E-state index in [4.69, 9.17) is 16.3 Å². The highest BCUT2D eigenvalue weighted by Crippen LogP contribution is 2.30. The zero-order valence-corrected chi connectivity index (χ0v) is 9.62. The van der Waals surface area contributed by atoms with E-state index in [-0.39, 0.29) is 5.56 Å². The fourth-order valence-electron chi connectivity index (χ4n) is 1.86. The van der Waals surface area contributed by atoms with Crippen LogP contribution in [0.25, 0.3) is 0 Å². The molecule has 0 aliphatic carbocycles. The first kappa shape index (κ1) is 13.5. The second kappa shape index (κ2) is 4.97. The third-order valence-electron chi connectivity index (χ3n) is 2.87. The van der Waals surface area contributed by atoms with Gasteiger partial charge in [-0.25, -0.2) is 9.18 Å². The highest BCUT2D eigenvalue weighted by atomic mass is 19.1. The summed E-state index contributed by atoms with van der Waals surface area (Å²) in [7, 11) is 0. The first-order chi connectivity index (χ1) is 8.99. The van der Waals surface area contributed by atoms with E-state index < -0.39 is 42.5 Å². The molecule has 7 nitrogen and oxygen atoms in total. The van der Waals surface area contributed by atoms with Crippen LogP contribution in [0.3, 0.4) is 0 Å². The summed E-state index contributed by atoms with van der Waals surface area (Å²) in [5, 5.41) is 18.4. The van der Waals surface area contributed by atoms with Crippen molar-refractivity contribution in [2.24, 2.45) is 0 Å². The van der Waals surface area contributed by atoms with Gasteiger partial charge in [-0.3, -0.25) is 14.3 Å². The van der Waals surface area contributed by atoms with E-state index in [9.17, 15) is 19.1 Å². The predicted molar refractivity (Wildman–Crippen MR) is 61.2 cm³/mol. The molecule has 19 heavy (non-hydrogen) atoms.